The summed E-state index contributed by atoms with van der Waals surface area (Å²) in [5.41, 5.74) is 3.40. The number of carbonyl (C=O) groups excluding carboxylic acids is 1. The van der Waals surface area contributed by atoms with Crippen molar-refractivity contribution in [2.45, 2.75) is 32.8 Å². The van der Waals surface area contributed by atoms with Gasteiger partial charge in [0.25, 0.3) is 5.91 Å². The summed E-state index contributed by atoms with van der Waals surface area (Å²) in [5.74, 6) is -0.0787. The Hall–Kier alpha value is -1.46. The van der Waals surface area contributed by atoms with Crippen LogP contribution in [0, 0.1) is 13.8 Å². The van der Waals surface area contributed by atoms with Crippen molar-refractivity contribution in [1.29, 1.82) is 0 Å². The molecule has 1 aromatic carbocycles. The molecule has 2 heterocycles. The molecule has 1 aromatic heterocycles. The van der Waals surface area contributed by atoms with Gasteiger partial charge in [-0.05, 0) is 49.9 Å². The third-order valence-electron chi connectivity index (χ3n) is 3.46. The number of hydrogen-bond acceptors (Lipinski definition) is 4. The van der Waals surface area contributed by atoms with E-state index in [4.69, 9.17) is 4.74 Å². The Balaban J connectivity index is 1.83. The largest absolute Gasteiger partial charge is 0.368 e. The van der Waals surface area contributed by atoms with Crippen molar-refractivity contribution in [3.05, 3.63) is 23.3 Å². The third kappa shape index (κ3) is 2.48. The summed E-state index contributed by atoms with van der Waals surface area (Å²) in [7, 11) is 0. The molecule has 0 spiro atoms. The maximum atomic E-state index is 12.0. The number of carbonyl (C=O) groups is 1. The van der Waals surface area contributed by atoms with Crippen molar-refractivity contribution >= 4 is 32.6 Å². The van der Waals surface area contributed by atoms with E-state index in [1.165, 1.54) is 22.5 Å². The van der Waals surface area contributed by atoms with Crippen LogP contribution in [0.25, 0.3) is 10.2 Å². The molecule has 5 heteroatoms. The van der Waals surface area contributed by atoms with Crippen molar-refractivity contribution in [3.8, 4) is 0 Å². The van der Waals surface area contributed by atoms with E-state index in [0.29, 0.717) is 11.7 Å². The monoisotopic (exact) mass is 276 g/mol. The van der Waals surface area contributed by atoms with Crippen LogP contribution in [0.5, 0.6) is 0 Å². The Morgan fingerprint density at radius 3 is 2.95 bits per heavy atom. The highest BCUT2D eigenvalue weighted by atomic mass is 32.1. The van der Waals surface area contributed by atoms with Crippen LogP contribution in [0.3, 0.4) is 0 Å². The van der Waals surface area contributed by atoms with Gasteiger partial charge in [-0.1, -0.05) is 11.3 Å². The number of anilines is 1. The van der Waals surface area contributed by atoms with E-state index < -0.39 is 0 Å². The van der Waals surface area contributed by atoms with E-state index in [2.05, 4.69) is 36.3 Å². The Labute approximate surface area is 115 Å². The van der Waals surface area contributed by atoms with Crippen LogP contribution in [0.4, 0.5) is 5.13 Å². The molecule has 4 nitrogen and oxygen atoms in total. The van der Waals surface area contributed by atoms with Gasteiger partial charge in [-0.25, -0.2) is 4.98 Å². The lowest BCUT2D eigenvalue weighted by Crippen LogP contribution is -2.26. The molecule has 19 heavy (non-hydrogen) atoms. The lowest BCUT2D eigenvalue weighted by atomic mass is 10.1. The van der Waals surface area contributed by atoms with Crippen molar-refractivity contribution < 1.29 is 9.53 Å². The van der Waals surface area contributed by atoms with E-state index in [1.807, 2.05) is 0 Å². The molecule has 0 unspecified atom stereocenters. The molecule has 0 radical (unpaired) electrons. The topological polar surface area (TPSA) is 51.2 Å². The summed E-state index contributed by atoms with van der Waals surface area (Å²) in [4.78, 5) is 16.4. The number of ether oxygens (including phenoxy) is 1. The first-order chi connectivity index (χ1) is 9.13. The predicted molar refractivity (Wildman–Crippen MR) is 76.7 cm³/mol. The minimum Gasteiger partial charge on any atom is -0.368 e. The SMILES string of the molecule is Cc1cc2nc(NC(=O)[C@H]3CCCO3)sc2cc1C. The lowest BCUT2D eigenvalue weighted by molar-refractivity contribution is -0.124. The van der Waals surface area contributed by atoms with Gasteiger partial charge in [-0.15, -0.1) is 0 Å². The minimum absolute atomic E-state index is 0.0787. The summed E-state index contributed by atoms with van der Waals surface area (Å²) in [6, 6.07) is 4.17. The first kappa shape index (κ1) is 12.6. The smallest absolute Gasteiger partial charge is 0.255 e. The maximum Gasteiger partial charge on any atom is 0.255 e. The number of aromatic nitrogens is 1. The number of fused-ring (bicyclic) bond motifs is 1. The van der Waals surface area contributed by atoms with Crippen molar-refractivity contribution in [2.24, 2.45) is 0 Å². The molecule has 1 atom stereocenters. The summed E-state index contributed by atoms with van der Waals surface area (Å²) in [6.45, 7) is 4.83. The van der Waals surface area contributed by atoms with Gasteiger partial charge in [-0.2, -0.15) is 0 Å². The first-order valence-electron chi connectivity index (χ1n) is 6.44. The number of aryl methyl sites for hydroxylation is 2. The van der Waals surface area contributed by atoms with E-state index in [-0.39, 0.29) is 12.0 Å². The summed E-state index contributed by atoms with van der Waals surface area (Å²) in [6.07, 6.45) is 1.45. The number of amides is 1. The van der Waals surface area contributed by atoms with Gasteiger partial charge in [-0.3, -0.25) is 10.1 Å². The molecule has 0 bridgehead atoms. The zero-order chi connectivity index (χ0) is 13.4. The van der Waals surface area contributed by atoms with Gasteiger partial charge >= 0.3 is 0 Å². The Morgan fingerprint density at radius 2 is 2.21 bits per heavy atom. The first-order valence-corrected chi connectivity index (χ1v) is 7.25. The van der Waals surface area contributed by atoms with Crippen LogP contribution in [0.1, 0.15) is 24.0 Å². The molecule has 3 rings (SSSR count). The highest BCUT2D eigenvalue weighted by Crippen LogP contribution is 2.28. The quantitative estimate of drug-likeness (QED) is 0.917. The second-order valence-corrected chi connectivity index (χ2v) is 5.94. The molecular weight excluding hydrogens is 260 g/mol. The molecule has 0 aliphatic carbocycles. The fraction of sp³-hybridized carbons (Fsp3) is 0.429. The fourth-order valence-corrected chi connectivity index (χ4v) is 3.15. The van der Waals surface area contributed by atoms with Gasteiger partial charge in [0.15, 0.2) is 5.13 Å². The zero-order valence-corrected chi connectivity index (χ0v) is 11.8. The Morgan fingerprint density at radius 1 is 1.42 bits per heavy atom. The average molecular weight is 276 g/mol. The number of nitrogens with zero attached hydrogens (tertiary/aromatic N) is 1. The number of thiazole rings is 1. The summed E-state index contributed by atoms with van der Waals surface area (Å²) < 4.78 is 6.47. The standard InChI is InChI=1S/C14H16N2O2S/c1-8-6-10-12(7-9(8)2)19-14(15-10)16-13(17)11-4-3-5-18-11/h6-7,11H,3-5H2,1-2H3,(H,15,16,17)/t11-/m1/s1. The summed E-state index contributed by atoms with van der Waals surface area (Å²) >= 11 is 1.51. The highest BCUT2D eigenvalue weighted by Gasteiger charge is 2.24. The number of hydrogen-bond donors (Lipinski definition) is 1. The van der Waals surface area contributed by atoms with Crippen LogP contribution in [0.2, 0.25) is 0 Å². The number of benzene rings is 1. The molecule has 1 fully saturated rings. The van der Waals surface area contributed by atoms with Gasteiger partial charge in [0.2, 0.25) is 0 Å². The fourth-order valence-electron chi connectivity index (χ4n) is 2.20. The molecule has 1 N–H and O–H groups in total. The van der Waals surface area contributed by atoms with Crippen molar-refractivity contribution in [2.75, 3.05) is 11.9 Å². The van der Waals surface area contributed by atoms with Gasteiger partial charge in [0.1, 0.15) is 6.10 Å². The average Bonchev–Trinajstić information content (AvgIpc) is 2.98. The molecule has 0 saturated carbocycles. The molecular formula is C14H16N2O2S. The lowest BCUT2D eigenvalue weighted by Gasteiger charge is -2.07. The van der Waals surface area contributed by atoms with E-state index in [9.17, 15) is 4.79 Å². The second kappa shape index (κ2) is 4.90. The zero-order valence-electron chi connectivity index (χ0n) is 11.0. The number of rotatable bonds is 2. The van der Waals surface area contributed by atoms with Gasteiger partial charge in [0.05, 0.1) is 10.2 Å². The van der Waals surface area contributed by atoms with Gasteiger partial charge < -0.3 is 4.74 Å². The van der Waals surface area contributed by atoms with E-state index >= 15 is 0 Å². The maximum absolute atomic E-state index is 12.0. The summed E-state index contributed by atoms with van der Waals surface area (Å²) in [5, 5.41) is 3.51. The molecule has 1 amide bonds. The van der Waals surface area contributed by atoms with Crippen molar-refractivity contribution in [3.63, 3.8) is 0 Å². The Kier molecular flexibility index (Phi) is 3.24. The van der Waals surface area contributed by atoms with Crippen LogP contribution in [-0.2, 0) is 9.53 Å². The predicted octanol–water partition coefficient (Wildman–Crippen LogP) is 3.03. The van der Waals surface area contributed by atoms with Crippen LogP contribution in [0.15, 0.2) is 12.1 Å². The van der Waals surface area contributed by atoms with Crippen LogP contribution < -0.4 is 5.32 Å². The highest BCUT2D eigenvalue weighted by molar-refractivity contribution is 7.22. The van der Waals surface area contributed by atoms with Gasteiger partial charge in [0, 0.05) is 6.61 Å². The third-order valence-corrected chi connectivity index (χ3v) is 4.39. The van der Waals surface area contributed by atoms with Crippen LogP contribution in [-0.4, -0.2) is 23.6 Å². The van der Waals surface area contributed by atoms with E-state index in [0.717, 1.165) is 23.1 Å². The second-order valence-electron chi connectivity index (χ2n) is 4.91. The Bertz CT molecular complexity index is 591. The minimum atomic E-state index is -0.310. The molecule has 1 aliphatic heterocycles. The molecule has 1 saturated heterocycles. The molecule has 100 valence electrons. The molecule has 1 aliphatic rings. The van der Waals surface area contributed by atoms with E-state index in [1.54, 1.807) is 0 Å². The van der Waals surface area contributed by atoms with Crippen molar-refractivity contribution in [1.82, 2.24) is 4.98 Å². The molecule has 2 aromatic rings. The normalized spacial score (nSPS) is 18.9. The number of nitrogens with one attached hydrogen (secondary N) is 1. The van der Waals surface area contributed by atoms with Crippen LogP contribution >= 0.6 is 11.3 Å².